The van der Waals surface area contributed by atoms with Gasteiger partial charge in [-0.3, -0.25) is 9.69 Å². The minimum Gasteiger partial charge on any atom is -0.336 e. The predicted octanol–water partition coefficient (Wildman–Crippen LogP) is 3.71. The first kappa shape index (κ1) is 15.7. The summed E-state index contributed by atoms with van der Waals surface area (Å²) in [7, 11) is 0. The molecule has 1 fully saturated rings. The molecule has 3 nitrogen and oxygen atoms in total. The van der Waals surface area contributed by atoms with Gasteiger partial charge in [-0.15, -0.1) is 0 Å². The lowest BCUT2D eigenvalue weighted by Crippen LogP contribution is -2.92. The summed E-state index contributed by atoms with van der Waals surface area (Å²) in [5.41, 5.74) is 2.03. The Hall–Kier alpha value is -1.78. The van der Waals surface area contributed by atoms with E-state index in [1.165, 1.54) is 32.1 Å². The van der Waals surface area contributed by atoms with Gasteiger partial charge in [0.15, 0.2) is 6.54 Å². The fraction of sp³-hybridized carbons (Fsp3) is 0.350. The molecule has 1 heterocycles. The highest BCUT2D eigenvalue weighted by atomic mass is 32.2. The van der Waals surface area contributed by atoms with Crippen LogP contribution in [0.2, 0.25) is 0 Å². The van der Waals surface area contributed by atoms with Crippen molar-refractivity contribution >= 4 is 29.0 Å². The highest BCUT2D eigenvalue weighted by molar-refractivity contribution is 7.99. The van der Waals surface area contributed by atoms with E-state index in [0.717, 1.165) is 21.2 Å². The van der Waals surface area contributed by atoms with E-state index in [1.54, 1.807) is 11.8 Å². The summed E-state index contributed by atoms with van der Waals surface area (Å²) < 4.78 is 0. The average molecular weight is 339 g/mol. The molecule has 1 saturated carbocycles. The van der Waals surface area contributed by atoms with Gasteiger partial charge in [0, 0.05) is 9.79 Å². The molecule has 0 aromatic heterocycles. The van der Waals surface area contributed by atoms with Crippen LogP contribution >= 0.6 is 11.8 Å². The second-order valence-corrected chi connectivity index (χ2v) is 7.69. The van der Waals surface area contributed by atoms with Crippen LogP contribution in [0.5, 0.6) is 0 Å². The Morgan fingerprint density at radius 3 is 2.17 bits per heavy atom. The first-order valence-corrected chi connectivity index (χ1v) is 9.67. The number of nitrogens with zero attached hydrogens (tertiary/aromatic N) is 1. The molecule has 2 aromatic carbocycles. The highest BCUT2D eigenvalue weighted by Crippen LogP contribution is 2.47. The Bertz CT molecular complexity index is 694. The molecular weight excluding hydrogens is 316 g/mol. The normalized spacial score (nSPS) is 17.2. The Morgan fingerprint density at radius 2 is 1.54 bits per heavy atom. The summed E-state index contributed by atoms with van der Waals surface area (Å²) in [6.07, 6.45) is 6.46. The Kier molecular flexibility index (Phi) is 4.58. The quantitative estimate of drug-likeness (QED) is 0.925. The SMILES string of the molecule is O=C(C[NH2+]C1CCCCC1)N1c2ccccc2Sc2ccccc21. The lowest BCUT2D eigenvalue weighted by molar-refractivity contribution is -0.681. The molecule has 24 heavy (non-hydrogen) atoms. The standard InChI is InChI=1S/C20H22N2OS/c23-20(14-21-15-8-2-1-3-9-15)22-16-10-4-6-12-18(16)24-19-13-7-5-11-17(19)22/h4-7,10-13,15,21H,1-3,8-9,14H2/p+1. The molecule has 0 bridgehead atoms. The van der Waals surface area contributed by atoms with E-state index >= 15 is 0 Å². The average Bonchev–Trinajstić information content (AvgIpc) is 2.65. The molecule has 4 heteroatoms. The van der Waals surface area contributed by atoms with E-state index < -0.39 is 0 Å². The summed E-state index contributed by atoms with van der Waals surface area (Å²) in [5.74, 6) is 0.181. The summed E-state index contributed by atoms with van der Waals surface area (Å²) in [4.78, 5) is 17.3. The zero-order chi connectivity index (χ0) is 16.4. The van der Waals surface area contributed by atoms with Gasteiger partial charge in [0.05, 0.1) is 17.4 Å². The van der Waals surface area contributed by atoms with Crippen LogP contribution in [-0.4, -0.2) is 18.5 Å². The predicted molar refractivity (Wildman–Crippen MR) is 97.8 cm³/mol. The van der Waals surface area contributed by atoms with Crippen LogP contribution in [0.15, 0.2) is 58.3 Å². The highest BCUT2D eigenvalue weighted by Gasteiger charge is 2.29. The number of hydrogen-bond acceptors (Lipinski definition) is 2. The third-order valence-corrected chi connectivity index (χ3v) is 6.09. The number of quaternary nitrogens is 1. The molecular formula is C20H23N2OS+. The zero-order valence-corrected chi connectivity index (χ0v) is 14.6. The van der Waals surface area contributed by atoms with E-state index in [1.807, 2.05) is 29.2 Å². The number of fused-ring (bicyclic) bond motifs is 2. The molecule has 0 unspecified atom stereocenters. The van der Waals surface area contributed by atoms with Crippen molar-refractivity contribution in [1.29, 1.82) is 0 Å². The summed E-state index contributed by atoms with van der Waals surface area (Å²) in [5, 5.41) is 2.26. The lowest BCUT2D eigenvalue weighted by Gasteiger charge is -2.31. The molecule has 1 amide bonds. The number of rotatable bonds is 3. The maximum Gasteiger partial charge on any atom is 0.286 e. The fourth-order valence-electron chi connectivity index (χ4n) is 3.70. The molecule has 2 aromatic rings. The Balaban J connectivity index is 1.58. The molecule has 2 aliphatic rings. The van der Waals surface area contributed by atoms with Crippen molar-refractivity contribution in [2.45, 2.75) is 47.9 Å². The first-order chi connectivity index (χ1) is 11.8. The van der Waals surface area contributed by atoms with Crippen LogP contribution in [0.3, 0.4) is 0 Å². The van der Waals surface area contributed by atoms with Gasteiger partial charge in [-0.25, -0.2) is 0 Å². The van der Waals surface area contributed by atoms with Gasteiger partial charge in [0.2, 0.25) is 0 Å². The molecule has 2 N–H and O–H groups in total. The summed E-state index contributed by atoms with van der Waals surface area (Å²) in [6, 6.07) is 17.0. The number of anilines is 2. The van der Waals surface area contributed by atoms with Gasteiger partial charge < -0.3 is 5.32 Å². The monoisotopic (exact) mass is 339 g/mol. The molecule has 1 aliphatic carbocycles. The van der Waals surface area contributed by atoms with Crippen molar-refractivity contribution in [3.8, 4) is 0 Å². The summed E-state index contributed by atoms with van der Waals surface area (Å²) in [6.45, 7) is 0.526. The molecule has 0 atom stereocenters. The van der Waals surface area contributed by atoms with Gasteiger partial charge in [0.25, 0.3) is 5.91 Å². The minimum absolute atomic E-state index is 0.181. The van der Waals surface area contributed by atoms with Crippen LogP contribution in [0.4, 0.5) is 11.4 Å². The second-order valence-electron chi connectivity index (χ2n) is 6.60. The third-order valence-electron chi connectivity index (χ3n) is 4.96. The van der Waals surface area contributed by atoms with Crippen LogP contribution in [-0.2, 0) is 4.79 Å². The number of amides is 1. The lowest BCUT2D eigenvalue weighted by atomic mass is 9.95. The van der Waals surface area contributed by atoms with E-state index in [4.69, 9.17) is 0 Å². The number of carbonyl (C=O) groups is 1. The van der Waals surface area contributed by atoms with Gasteiger partial charge in [-0.1, -0.05) is 42.4 Å². The van der Waals surface area contributed by atoms with Crippen LogP contribution < -0.4 is 10.2 Å². The first-order valence-electron chi connectivity index (χ1n) is 8.85. The van der Waals surface area contributed by atoms with Gasteiger partial charge in [0.1, 0.15) is 0 Å². The molecule has 124 valence electrons. The van der Waals surface area contributed by atoms with Crippen molar-refractivity contribution in [2.75, 3.05) is 11.4 Å². The van der Waals surface area contributed by atoms with Crippen LogP contribution in [0.1, 0.15) is 32.1 Å². The topological polar surface area (TPSA) is 36.9 Å². The van der Waals surface area contributed by atoms with Crippen molar-refractivity contribution < 1.29 is 10.1 Å². The number of benzene rings is 2. The van der Waals surface area contributed by atoms with E-state index in [2.05, 4.69) is 29.6 Å². The largest absolute Gasteiger partial charge is 0.336 e. The van der Waals surface area contributed by atoms with Crippen LogP contribution in [0, 0.1) is 0 Å². The molecule has 0 radical (unpaired) electrons. The van der Waals surface area contributed by atoms with Crippen molar-refractivity contribution in [3.63, 3.8) is 0 Å². The minimum atomic E-state index is 0.181. The van der Waals surface area contributed by atoms with Crippen molar-refractivity contribution in [2.24, 2.45) is 0 Å². The second kappa shape index (κ2) is 6.99. The third kappa shape index (κ3) is 3.08. The molecule has 0 spiro atoms. The number of carbonyl (C=O) groups excluding carboxylic acids is 1. The van der Waals surface area contributed by atoms with Gasteiger partial charge in [-0.05, 0) is 49.9 Å². The Morgan fingerprint density at radius 1 is 0.958 bits per heavy atom. The fourth-order valence-corrected chi connectivity index (χ4v) is 4.76. The number of nitrogens with two attached hydrogens (primary N) is 1. The summed E-state index contributed by atoms with van der Waals surface area (Å²) >= 11 is 1.75. The van der Waals surface area contributed by atoms with E-state index in [-0.39, 0.29) is 5.91 Å². The number of para-hydroxylation sites is 2. The Labute approximate surface area is 147 Å². The number of hydrogen-bond donors (Lipinski definition) is 1. The van der Waals surface area contributed by atoms with Gasteiger partial charge >= 0.3 is 0 Å². The van der Waals surface area contributed by atoms with Crippen molar-refractivity contribution in [1.82, 2.24) is 0 Å². The zero-order valence-electron chi connectivity index (χ0n) is 13.8. The van der Waals surface area contributed by atoms with Crippen molar-refractivity contribution in [3.05, 3.63) is 48.5 Å². The maximum absolute atomic E-state index is 13.1. The van der Waals surface area contributed by atoms with Gasteiger partial charge in [-0.2, -0.15) is 0 Å². The molecule has 0 saturated heterocycles. The maximum atomic E-state index is 13.1. The van der Waals surface area contributed by atoms with E-state index in [9.17, 15) is 4.79 Å². The molecule has 4 rings (SSSR count). The smallest absolute Gasteiger partial charge is 0.286 e. The van der Waals surface area contributed by atoms with E-state index in [0.29, 0.717) is 12.6 Å². The molecule has 1 aliphatic heterocycles. The van der Waals surface area contributed by atoms with Crippen LogP contribution in [0.25, 0.3) is 0 Å².